The van der Waals surface area contributed by atoms with E-state index in [0.29, 0.717) is 6.54 Å². The van der Waals surface area contributed by atoms with E-state index >= 15 is 0 Å². The predicted molar refractivity (Wildman–Crippen MR) is 77.1 cm³/mol. The SMILES string of the molecule is C[C@H]1[C@@H](c2ccccc2)OC(=O)N1Cc1ccccc1. The molecule has 1 aliphatic heterocycles. The number of cyclic esters (lactones) is 1. The van der Waals surface area contributed by atoms with Gasteiger partial charge < -0.3 is 4.74 Å². The summed E-state index contributed by atoms with van der Waals surface area (Å²) in [5.74, 6) is 0. The summed E-state index contributed by atoms with van der Waals surface area (Å²) in [6.07, 6.45) is -0.428. The van der Waals surface area contributed by atoms with Crippen molar-refractivity contribution in [3.05, 3.63) is 71.8 Å². The van der Waals surface area contributed by atoms with Gasteiger partial charge in [-0.05, 0) is 18.1 Å². The van der Waals surface area contributed by atoms with Crippen molar-refractivity contribution >= 4 is 6.09 Å². The van der Waals surface area contributed by atoms with E-state index in [1.54, 1.807) is 4.90 Å². The Hall–Kier alpha value is -2.29. The van der Waals surface area contributed by atoms with Gasteiger partial charge in [-0.2, -0.15) is 0 Å². The molecule has 0 aromatic heterocycles. The van der Waals surface area contributed by atoms with Crippen LogP contribution in [0.1, 0.15) is 24.2 Å². The van der Waals surface area contributed by atoms with Crippen LogP contribution in [0, 0.1) is 0 Å². The van der Waals surface area contributed by atoms with Crippen LogP contribution in [0.25, 0.3) is 0 Å². The molecule has 2 atom stereocenters. The molecule has 0 aliphatic carbocycles. The van der Waals surface area contributed by atoms with Crippen LogP contribution in [-0.4, -0.2) is 17.0 Å². The van der Waals surface area contributed by atoms with Crippen molar-refractivity contribution in [3.63, 3.8) is 0 Å². The average molecular weight is 267 g/mol. The molecule has 1 fully saturated rings. The summed E-state index contributed by atoms with van der Waals surface area (Å²) in [5.41, 5.74) is 2.16. The summed E-state index contributed by atoms with van der Waals surface area (Å²) in [5, 5.41) is 0. The summed E-state index contributed by atoms with van der Waals surface area (Å²) in [4.78, 5) is 13.9. The molecule has 0 N–H and O–H groups in total. The number of ether oxygens (including phenoxy) is 1. The number of nitrogens with zero attached hydrogens (tertiary/aromatic N) is 1. The lowest BCUT2D eigenvalue weighted by Crippen LogP contribution is -2.31. The maximum absolute atomic E-state index is 12.1. The van der Waals surface area contributed by atoms with Gasteiger partial charge in [-0.15, -0.1) is 0 Å². The molecule has 102 valence electrons. The van der Waals surface area contributed by atoms with Gasteiger partial charge in [0.1, 0.15) is 6.10 Å². The summed E-state index contributed by atoms with van der Waals surface area (Å²) in [7, 11) is 0. The highest BCUT2D eigenvalue weighted by atomic mass is 16.6. The number of hydrogen-bond acceptors (Lipinski definition) is 2. The fourth-order valence-corrected chi connectivity index (χ4v) is 2.58. The maximum Gasteiger partial charge on any atom is 0.411 e. The van der Waals surface area contributed by atoms with E-state index in [2.05, 4.69) is 0 Å². The number of rotatable bonds is 3. The quantitative estimate of drug-likeness (QED) is 0.847. The van der Waals surface area contributed by atoms with Crippen LogP contribution < -0.4 is 0 Å². The van der Waals surface area contributed by atoms with E-state index in [9.17, 15) is 4.79 Å². The Morgan fingerprint density at radius 3 is 2.25 bits per heavy atom. The Morgan fingerprint density at radius 2 is 1.60 bits per heavy atom. The predicted octanol–water partition coefficient (Wildman–Crippen LogP) is 3.77. The Balaban J connectivity index is 1.79. The number of carbonyl (C=O) groups is 1. The minimum Gasteiger partial charge on any atom is -0.439 e. The van der Waals surface area contributed by atoms with Crippen molar-refractivity contribution in [3.8, 4) is 0 Å². The van der Waals surface area contributed by atoms with Gasteiger partial charge in [-0.25, -0.2) is 4.79 Å². The minimum absolute atomic E-state index is 0.0325. The van der Waals surface area contributed by atoms with Crippen molar-refractivity contribution < 1.29 is 9.53 Å². The zero-order chi connectivity index (χ0) is 13.9. The maximum atomic E-state index is 12.1. The van der Waals surface area contributed by atoms with Crippen LogP contribution in [-0.2, 0) is 11.3 Å². The van der Waals surface area contributed by atoms with Gasteiger partial charge in [0.25, 0.3) is 0 Å². The second-order valence-electron chi connectivity index (χ2n) is 5.07. The lowest BCUT2D eigenvalue weighted by molar-refractivity contribution is 0.130. The monoisotopic (exact) mass is 267 g/mol. The van der Waals surface area contributed by atoms with Crippen LogP contribution in [0.2, 0.25) is 0 Å². The lowest BCUT2D eigenvalue weighted by atomic mass is 10.0. The van der Waals surface area contributed by atoms with E-state index in [4.69, 9.17) is 4.74 Å². The summed E-state index contributed by atoms with van der Waals surface area (Å²) >= 11 is 0. The fourth-order valence-electron chi connectivity index (χ4n) is 2.58. The smallest absolute Gasteiger partial charge is 0.411 e. The summed E-state index contributed by atoms with van der Waals surface area (Å²) < 4.78 is 5.53. The standard InChI is InChI=1S/C17H17NO2/c1-13-16(15-10-6-3-7-11-15)20-17(19)18(13)12-14-8-4-2-5-9-14/h2-11,13,16H,12H2,1H3/t13-,16-/m0/s1. The Kier molecular flexibility index (Phi) is 3.42. The number of carbonyl (C=O) groups excluding carboxylic acids is 1. The molecule has 0 bridgehead atoms. The van der Waals surface area contributed by atoms with E-state index in [1.165, 1.54) is 0 Å². The third-order valence-corrected chi connectivity index (χ3v) is 3.72. The lowest BCUT2D eigenvalue weighted by Gasteiger charge is -2.21. The first-order chi connectivity index (χ1) is 9.75. The molecule has 1 amide bonds. The Labute approximate surface area is 118 Å². The molecule has 2 aromatic rings. The molecule has 20 heavy (non-hydrogen) atoms. The first kappa shape index (κ1) is 12.7. The first-order valence-electron chi connectivity index (χ1n) is 6.82. The number of benzene rings is 2. The van der Waals surface area contributed by atoms with Crippen LogP contribution in [0.4, 0.5) is 4.79 Å². The van der Waals surface area contributed by atoms with Crippen LogP contribution in [0.15, 0.2) is 60.7 Å². The first-order valence-corrected chi connectivity index (χ1v) is 6.82. The van der Waals surface area contributed by atoms with E-state index in [0.717, 1.165) is 11.1 Å². The van der Waals surface area contributed by atoms with Gasteiger partial charge in [0.05, 0.1) is 6.04 Å². The van der Waals surface area contributed by atoms with Crippen molar-refractivity contribution in [2.75, 3.05) is 0 Å². The molecule has 3 heteroatoms. The molecule has 0 unspecified atom stereocenters. The molecule has 1 heterocycles. The third-order valence-electron chi connectivity index (χ3n) is 3.72. The van der Waals surface area contributed by atoms with Crippen molar-refractivity contribution in [1.29, 1.82) is 0 Å². The highest BCUT2D eigenvalue weighted by Gasteiger charge is 2.39. The van der Waals surface area contributed by atoms with Gasteiger partial charge in [0.15, 0.2) is 0 Å². The second kappa shape index (κ2) is 5.37. The summed E-state index contributed by atoms with van der Waals surface area (Å²) in [6, 6.07) is 19.9. The normalized spacial score (nSPS) is 21.9. The molecular weight excluding hydrogens is 250 g/mol. The Bertz CT molecular complexity index is 582. The highest BCUT2D eigenvalue weighted by Crippen LogP contribution is 2.33. The number of hydrogen-bond donors (Lipinski definition) is 0. The van der Waals surface area contributed by atoms with E-state index in [-0.39, 0.29) is 18.2 Å². The van der Waals surface area contributed by atoms with E-state index in [1.807, 2.05) is 67.6 Å². The van der Waals surface area contributed by atoms with Crippen molar-refractivity contribution in [2.24, 2.45) is 0 Å². The molecule has 1 aliphatic rings. The van der Waals surface area contributed by atoms with Crippen LogP contribution in [0.3, 0.4) is 0 Å². The van der Waals surface area contributed by atoms with Gasteiger partial charge >= 0.3 is 6.09 Å². The van der Waals surface area contributed by atoms with Gasteiger partial charge in [-0.1, -0.05) is 60.7 Å². The fraction of sp³-hybridized carbons (Fsp3) is 0.235. The molecule has 2 aromatic carbocycles. The molecule has 3 nitrogen and oxygen atoms in total. The van der Waals surface area contributed by atoms with Gasteiger partial charge in [0.2, 0.25) is 0 Å². The second-order valence-corrected chi connectivity index (χ2v) is 5.07. The molecule has 0 spiro atoms. The highest BCUT2D eigenvalue weighted by molar-refractivity contribution is 5.71. The largest absolute Gasteiger partial charge is 0.439 e. The van der Waals surface area contributed by atoms with Gasteiger partial charge in [0, 0.05) is 6.54 Å². The third kappa shape index (κ3) is 2.39. The topological polar surface area (TPSA) is 29.5 Å². The number of amides is 1. The molecular formula is C17H17NO2. The van der Waals surface area contributed by atoms with Crippen molar-refractivity contribution in [2.45, 2.75) is 25.6 Å². The van der Waals surface area contributed by atoms with Crippen LogP contribution >= 0.6 is 0 Å². The van der Waals surface area contributed by atoms with Crippen LogP contribution in [0.5, 0.6) is 0 Å². The van der Waals surface area contributed by atoms with E-state index < -0.39 is 0 Å². The van der Waals surface area contributed by atoms with Gasteiger partial charge in [-0.3, -0.25) is 4.90 Å². The molecule has 1 saturated heterocycles. The molecule has 3 rings (SSSR count). The van der Waals surface area contributed by atoms with Crippen molar-refractivity contribution in [1.82, 2.24) is 4.90 Å². The zero-order valence-electron chi connectivity index (χ0n) is 11.4. The zero-order valence-corrected chi connectivity index (χ0v) is 11.4. The minimum atomic E-state index is -0.241. The summed E-state index contributed by atoms with van der Waals surface area (Å²) in [6.45, 7) is 2.62. The molecule has 0 saturated carbocycles. The molecule has 0 radical (unpaired) electrons. The Morgan fingerprint density at radius 1 is 1.00 bits per heavy atom. The average Bonchev–Trinajstić information content (AvgIpc) is 2.77.